The molecule has 2 aliphatic heterocycles. The predicted molar refractivity (Wildman–Crippen MR) is 190 cm³/mol. The van der Waals surface area contributed by atoms with E-state index in [1.54, 1.807) is 41.3 Å². The van der Waals surface area contributed by atoms with Crippen LogP contribution in [0.15, 0.2) is 83.9 Å². The van der Waals surface area contributed by atoms with Crippen molar-refractivity contribution in [2.45, 2.75) is 36.6 Å². The maximum absolute atomic E-state index is 14.8. The number of sulfonamides is 1. The Kier molecular flexibility index (Phi) is 10.1. The molecule has 6 rings (SSSR count). The molecule has 0 aliphatic carbocycles. The van der Waals surface area contributed by atoms with E-state index in [1.165, 1.54) is 4.31 Å². The molecule has 10 nitrogen and oxygen atoms in total. The predicted octanol–water partition coefficient (Wildman–Crippen LogP) is 5.17. The number of nitrogens with one attached hydrogen (secondary N) is 2. The molecule has 4 aromatic rings. The standard InChI is InChI=1S/C36H43ClN6O4S/c1-25(31-22-38-32-13-8-7-12-30(31)32)34(35(44)43-24-26(23-40(2)3)20-27-21-28(37)14-15-33(27)43)39-36(45)41-16-9-17-42(19-18-41)48(46,47)29-10-5-4-6-11-29/h4-8,10-15,21-22,25-26,34,38H,9,16-20,23-24H2,1-3H3,(H,39,45)/t25-,26-,34-/m1/s1. The van der Waals surface area contributed by atoms with Gasteiger partial charge in [0.1, 0.15) is 6.04 Å². The van der Waals surface area contributed by atoms with E-state index in [2.05, 4.69) is 15.2 Å². The second-order valence-corrected chi connectivity index (χ2v) is 15.5. The highest BCUT2D eigenvalue weighted by molar-refractivity contribution is 7.89. The average Bonchev–Trinajstić information content (AvgIpc) is 3.34. The van der Waals surface area contributed by atoms with Crippen molar-refractivity contribution >= 4 is 50.2 Å². The number of amides is 3. The summed E-state index contributed by atoms with van der Waals surface area (Å²) in [5.41, 5.74) is 3.69. The molecule has 1 saturated heterocycles. The molecule has 254 valence electrons. The lowest BCUT2D eigenvalue weighted by Crippen LogP contribution is -2.56. The highest BCUT2D eigenvalue weighted by atomic mass is 35.5. The molecular weight excluding hydrogens is 648 g/mol. The quantitative estimate of drug-likeness (QED) is 0.265. The van der Waals surface area contributed by atoms with E-state index in [0.717, 1.165) is 40.7 Å². The Bertz CT molecular complexity index is 1880. The van der Waals surface area contributed by atoms with Gasteiger partial charge in [0.2, 0.25) is 15.9 Å². The van der Waals surface area contributed by atoms with Gasteiger partial charge in [0.15, 0.2) is 0 Å². The van der Waals surface area contributed by atoms with Crippen molar-refractivity contribution in [3.8, 4) is 0 Å². The molecule has 0 radical (unpaired) electrons. The van der Waals surface area contributed by atoms with Crippen molar-refractivity contribution in [1.82, 2.24) is 24.4 Å². The first-order valence-corrected chi connectivity index (χ1v) is 18.3. The van der Waals surface area contributed by atoms with Crippen LogP contribution in [0.2, 0.25) is 5.02 Å². The van der Waals surface area contributed by atoms with E-state index >= 15 is 0 Å². The first-order chi connectivity index (χ1) is 23.0. The summed E-state index contributed by atoms with van der Waals surface area (Å²) in [7, 11) is 0.349. The molecule has 3 heterocycles. The summed E-state index contributed by atoms with van der Waals surface area (Å²) in [6.07, 6.45) is 3.18. The molecular formula is C36H43ClN6O4S. The minimum atomic E-state index is -3.70. The van der Waals surface area contributed by atoms with Gasteiger partial charge in [-0.2, -0.15) is 4.31 Å². The van der Waals surface area contributed by atoms with Crippen LogP contribution in [0.1, 0.15) is 30.4 Å². The van der Waals surface area contributed by atoms with E-state index in [4.69, 9.17) is 11.6 Å². The van der Waals surface area contributed by atoms with Crippen molar-refractivity contribution < 1.29 is 18.0 Å². The van der Waals surface area contributed by atoms with Crippen molar-refractivity contribution in [3.05, 3.63) is 95.1 Å². The van der Waals surface area contributed by atoms with Crippen LogP contribution in [-0.4, -0.2) is 98.9 Å². The van der Waals surface area contributed by atoms with Crippen LogP contribution in [0.5, 0.6) is 0 Å². The van der Waals surface area contributed by atoms with Crippen molar-refractivity contribution in [2.75, 3.05) is 58.3 Å². The van der Waals surface area contributed by atoms with Gasteiger partial charge < -0.3 is 25.0 Å². The molecule has 48 heavy (non-hydrogen) atoms. The van der Waals surface area contributed by atoms with Gasteiger partial charge in [-0.15, -0.1) is 0 Å². The van der Waals surface area contributed by atoms with Crippen molar-refractivity contribution in [2.24, 2.45) is 5.92 Å². The molecule has 3 atom stereocenters. The van der Waals surface area contributed by atoms with Gasteiger partial charge in [0, 0.05) is 73.0 Å². The number of rotatable bonds is 8. The van der Waals surface area contributed by atoms with E-state index in [1.807, 2.05) is 68.5 Å². The summed E-state index contributed by atoms with van der Waals surface area (Å²) in [5, 5.41) is 4.73. The smallest absolute Gasteiger partial charge is 0.318 e. The number of para-hydroxylation sites is 1. The zero-order chi connectivity index (χ0) is 34.0. The summed E-state index contributed by atoms with van der Waals surface area (Å²) in [6, 6.07) is 20.6. The van der Waals surface area contributed by atoms with E-state index in [0.29, 0.717) is 31.1 Å². The molecule has 1 aromatic heterocycles. The number of carbonyl (C=O) groups excluding carboxylic acids is 2. The van der Waals surface area contributed by atoms with Crippen LogP contribution in [0.25, 0.3) is 10.9 Å². The number of hydrogen-bond acceptors (Lipinski definition) is 5. The third kappa shape index (κ3) is 7.10. The lowest BCUT2D eigenvalue weighted by atomic mass is 9.88. The van der Waals surface area contributed by atoms with Gasteiger partial charge in [-0.3, -0.25) is 4.79 Å². The fourth-order valence-electron chi connectivity index (χ4n) is 7.08. The minimum absolute atomic E-state index is 0.160. The van der Waals surface area contributed by atoms with Crippen LogP contribution < -0.4 is 10.2 Å². The molecule has 1 fully saturated rings. The third-order valence-corrected chi connectivity index (χ3v) is 11.6. The number of H-pyrrole nitrogens is 1. The van der Waals surface area contributed by atoms with Gasteiger partial charge >= 0.3 is 6.03 Å². The molecule has 2 aliphatic rings. The number of halogens is 1. The SMILES string of the molecule is C[C@H](c1c[nH]c2ccccc12)[C@@H](NC(=O)N1CCCN(S(=O)(=O)c2ccccc2)CC1)C(=O)N1C[C@@H](CN(C)C)Cc2cc(Cl)ccc21. The Hall–Kier alpha value is -3.90. The minimum Gasteiger partial charge on any atom is -0.361 e. The Balaban J connectivity index is 1.29. The highest BCUT2D eigenvalue weighted by Gasteiger charge is 2.38. The first kappa shape index (κ1) is 34.0. The zero-order valence-electron chi connectivity index (χ0n) is 27.6. The maximum Gasteiger partial charge on any atom is 0.318 e. The number of aromatic amines is 1. The van der Waals surface area contributed by atoms with Crippen LogP contribution in [0, 0.1) is 5.92 Å². The zero-order valence-corrected chi connectivity index (χ0v) is 29.2. The second kappa shape index (κ2) is 14.3. The first-order valence-electron chi connectivity index (χ1n) is 16.4. The monoisotopic (exact) mass is 690 g/mol. The highest BCUT2D eigenvalue weighted by Crippen LogP contribution is 2.35. The van der Waals surface area contributed by atoms with Gasteiger partial charge in [-0.1, -0.05) is 54.9 Å². The molecule has 2 N–H and O–H groups in total. The molecule has 0 bridgehead atoms. The fraction of sp³-hybridized carbons (Fsp3) is 0.389. The number of fused-ring (bicyclic) bond motifs is 2. The number of benzene rings is 3. The van der Waals surface area contributed by atoms with Gasteiger partial charge in [-0.05, 0) is 80.4 Å². The Labute approximate surface area is 287 Å². The normalized spacial score (nSPS) is 18.7. The lowest BCUT2D eigenvalue weighted by Gasteiger charge is -2.39. The van der Waals surface area contributed by atoms with Crippen LogP contribution in [0.3, 0.4) is 0 Å². The largest absolute Gasteiger partial charge is 0.361 e. The van der Waals surface area contributed by atoms with Gasteiger partial charge in [0.05, 0.1) is 4.90 Å². The average molecular weight is 691 g/mol. The summed E-state index contributed by atoms with van der Waals surface area (Å²) in [6.45, 7) is 4.30. The Morgan fingerprint density at radius 2 is 1.75 bits per heavy atom. The van der Waals surface area contributed by atoms with Crippen LogP contribution in [-0.2, 0) is 21.2 Å². The number of carbonyl (C=O) groups is 2. The molecule has 0 spiro atoms. The molecule has 0 saturated carbocycles. The topological polar surface area (TPSA) is 109 Å². The van der Waals surface area contributed by atoms with Crippen LogP contribution >= 0.6 is 11.6 Å². The van der Waals surface area contributed by atoms with E-state index in [9.17, 15) is 18.0 Å². The number of anilines is 1. The third-order valence-electron chi connectivity index (χ3n) is 9.45. The molecule has 3 aromatic carbocycles. The van der Waals surface area contributed by atoms with Crippen molar-refractivity contribution in [3.63, 3.8) is 0 Å². The summed E-state index contributed by atoms with van der Waals surface area (Å²) >= 11 is 6.41. The van der Waals surface area contributed by atoms with Crippen LogP contribution in [0.4, 0.5) is 10.5 Å². The van der Waals surface area contributed by atoms with Crippen molar-refractivity contribution in [1.29, 1.82) is 0 Å². The van der Waals surface area contributed by atoms with E-state index in [-0.39, 0.29) is 35.7 Å². The lowest BCUT2D eigenvalue weighted by molar-refractivity contribution is -0.121. The number of urea groups is 1. The summed E-state index contributed by atoms with van der Waals surface area (Å²) < 4.78 is 28.1. The second-order valence-electron chi connectivity index (χ2n) is 13.1. The Morgan fingerprint density at radius 3 is 2.52 bits per heavy atom. The number of hydrogen-bond donors (Lipinski definition) is 2. The molecule has 12 heteroatoms. The Morgan fingerprint density at radius 1 is 1.00 bits per heavy atom. The number of nitrogens with zero attached hydrogens (tertiary/aromatic N) is 4. The molecule has 3 amide bonds. The van der Waals surface area contributed by atoms with Gasteiger partial charge in [0.25, 0.3) is 0 Å². The van der Waals surface area contributed by atoms with Gasteiger partial charge in [-0.25, -0.2) is 13.2 Å². The number of aromatic nitrogens is 1. The fourth-order valence-corrected chi connectivity index (χ4v) is 8.77. The maximum atomic E-state index is 14.8. The molecule has 0 unspecified atom stereocenters. The summed E-state index contributed by atoms with van der Waals surface area (Å²) in [5.74, 6) is -0.404. The summed E-state index contributed by atoms with van der Waals surface area (Å²) in [4.78, 5) is 38.0. The van der Waals surface area contributed by atoms with E-state index < -0.39 is 22.1 Å².